The van der Waals surface area contributed by atoms with Crippen LogP contribution in [0.25, 0.3) is 0 Å². The first-order valence-corrected chi connectivity index (χ1v) is 7.73. The van der Waals surface area contributed by atoms with Crippen LogP contribution < -0.4 is 0 Å². The number of carbonyl (C=O) groups is 6. The number of rotatable bonds is 9. The van der Waals surface area contributed by atoms with Crippen molar-refractivity contribution < 1.29 is 49.2 Å². The van der Waals surface area contributed by atoms with Gasteiger partial charge in [0.25, 0.3) is 0 Å². The number of Topliss-reactive ketones (excluding diaryl/α,β-unsaturated/α-hetero) is 4. The van der Waals surface area contributed by atoms with Gasteiger partial charge in [0.15, 0.2) is 23.0 Å². The van der Waals surface area contributed by atoms with E-state index in [1.807, 2.05) is 0 Å². The van der Waals surface area contributed by atoms with Gasteiger partial charge in [-0.05, 0) is 13.8 Å². The van der Waals surface area contributed by atoms with Crippen LogP contribution in [0.3, 0.4) is 0 Å². The third-order valence-electron chi connectivity index (χ3n) is 4.19. The Morgan fingerprint density at radius 3 is 1.48 bits per heavy atom. The van der Waals surface area contributed by atoms with Gasteiger partial charge in [-0.2, -0.15) is 0 Å². The standard InChI is InChI=1S/C16H23NO10/c1-7(19)13(25)15(8(2)20,17(10(4)22)11(5)23)16(27,9(3)21)14(26)12(24)6-18/h12,14,18,24,26-27H,6H2,1-5H3/t12-,14-,15+,16+/m1/s1. The maximum Gasteiger partial charge on any atom is 0.235 e. The van der Waals surface area contributed by atoms with Crippen LogP contribution >= 0.6 is 0 Å². The first-order valence-electron chi connectivity index (χ1n) is 7.73. The Morgan fingerprint density at radius 1 is 0.852 bits per heavy atom. The molecule has 0 aromatic heterocycles. The van der Waals surface area contributed by atoms with Gasteiger partial charge in [0.2, 0.25) is 23.1 Å². The van der Waals surface area contributed by atoms with Gasteiger partial charge in [-0.15, -0.1) is 0 Å². The molecule has 0 aromatic carbocycles. The molecule has 2 amide bonds. The smallest absolute Gasteiger partial charge is 0.235 e. The number of imide groups is 1. The molecule has 0 saturated carbocycles. The average molecular weight is 389 g/mol. The van der Waals surface area contributed by atoms with Crippen LogP contribution in [0.2, 0.25) is 0 Å². The maximum absolute atomic E-state index is 12.7. The predicted molar refractivity (Wildman–Crippen MR) is 87.0 cm³/mol. The number of ketones is 4. The van der Waals surface area contributed by atoms with Crippen molar-refractivity contribution in [2.45, 2.75) is 58.0 Å². The van der Waals surface area contributed by atoms with E-state index >= 15 is 0 Å². The number of hydrogen-bond acceptors (Lipinski definition) is 10. The Kier molecular flexibility index (Phi) is 7.82. The molecule has 0 radical (unpaired) electrons. The summed E-state index contributed by atoms with van der Waals surface area (Å²) in [5, 5.41) is 40.1. The Labute approximate surface area is 154 Å². The van der Waals surface area contributed by atoms with Crippen LogP contribution in [0.4, 0.5) is 0 Å². The van der Waals surface area contributed by atoms with Gasteiger partial charge in [-0.25, -0.2) is 0 Å². The van der Waals surface area contributed by atoms with E-state index in [1.54, 1.807) is 0 Å². The zero-order chi connectivity index (χ0) is 21.9. The lowest BCUT2D eigenvalue weighted by molar-refractivity contribution is -0.206. The molecule has 0 fully saturated rings. The van der Waals surface area contributed by atoms with Crippen molar-refractivity contribution in [2.24, 2.45) is 0 Å². The lowest BCUT2D eigenvalue weighted by atomic mass is 9.65. The summed E-state index contributed by atoms with van der Waals surface area (Å²) in [5.74, 6) is -8.84. The first-order chi connectivity index (χ1) is 12.1. The van der Waals surface area contributed by atoms with E-state index in [0.29, 0.717) is 20.8 Å². The second-order valence-corrected chi connectivity index (χ2v) is 6.04. The van der Waals surface area contributed by atoms with E-state index in [4.69, 9.17) is 5.11 Å². The fourth-order valence-electron chi connectivity index (χ4n) is 3.03. The van der Waals surface area contributed by atoms with Crippen LogP contribution in [-0.4, -0.2) is 90.2 Å². The van der Waals surface area contributed by atoms with Crippen molar-refractivity contribution in [2.75, 3.05) is 6.61 Å². The number of nitrogens with zero attached hydrogens (tertiary/aromatic N) is 1. The second kappa shape index (κ2) is 8.57. The topological polar surface area (TPSA) is 187 Å². The SMILES string of the molecule is CC(=O)C(=O)[C@](C(C)=O)(N(C(C)=O)C(C)=O)[C@](O)(C(C)=O)[C@H](O)[C@H](O)CO. The molecule has 0 unspecified atom stereocenters. The van der Waals surface area contributed by atoms with Gasteiger partial charge < -0.3 is 20.4 Å². The van der Waals surface area contributed by atoms with Crippen LogP contribution in [0.1, 0.15) is 34.6 Å². The average Bonchev–Trinajstić information content (AvgIpc) is 2.54. The summed E-state index contributed by atoms with van der Waals surface area (Å²) in [6.45, 7) is 2.11. The molecule has 0 bridgehead atoms. The normalized spacial score (nSPS) is 17.7. The molecule has 152 valence electrons. The number of aliphatic hydroxyl groups is 4. The van der Waals surface area contributed by atoms with E-state index in [9.17, 15) is 44.1 Å². The lowest BCUT2D eigenvalue weighted by Gasteiger charge is -2.49. The van der Waals surface area contributed by atoms with E-state index < -0.39 is 64.9 Å². The molecule has 0 aliphatic rings. The number of amides is 2. The molecule has 0 aliphatic heterocycles. The summed E-state index contributed by atoms with van der Waals surface area (Å²) in [6, 6.07) is 0. The largest absolute Gasteiger partial charge is 0.394 e. The molecule has 0 aliphatic carbocycles. The minimum atomic E-state index is -3.62. The van der Waals surface area contributed by atoms with E-state index in [0.717, 1.165) is 13.8 Å². The number of carbonyl (C=O) groups excluding carboxylic acids is 6. The zero-order valence-corrected chi connectivity index (χ0v) is 15.5. The molecule has 0 saturated heterocycles. The molecular formula is C16H23NO10. The molecule has 11 heteroatoms. The Morgan fingerprint density at radius 2 is 1.26 bits per heavy atom. The van der Waals surface area contributed by atoms with Crippen molar-refractivity contribution in [3.05, 3.63) is 0 Å². The van der Waals surface area contributed by atoms with Gasteiger partial charge in [0, 0.05) is 20.8 Å². The molecule has 0 spiro atoms. The van der Waals surface area contributed by atoms with Gasteiger partial charge >= 0.3 is 0 Å². The minimum absolute atomic E-state index is 0.103. The molecule has 4 atom stereocenters. The summed E-state index contributed by atoms with van der Waals surface area (Å²) >= 11 is 0. The van der Waals surface area contributed by atoms with E-state index in [2.05, 4.69) is 0 Å². The molecule has 4 N–H and O–H groups in total. The van der Waals surface area contributed by atoms with Crippen molar-refractivity contribution in [3.63, 3.8) is 0 Å². The van der Waals surface area contributed by atoms with Crippen molar-refractivity contribution >= 4 is 34.9 Å². The highest BCUT2D eigenvalue weighted by Gasteiger charge is 2.71. The monoisotopic (exact) mass is 389 g/mol. The summed E-state index contributed by atoms with van der Waals surface area (Å²) in [5.41, 5.74) is -7.11. The Bertz CT molecular complexity index is 673. The molecule has 11 nitrogen and oxygen atoms in total. The molecule has 0 heterocycles. The molecule has 0 aromatic rings. The Balaban J connectivity index is 7.54. The minimum Gasteiger partial charge on any atom is -0.394 e. The highest BCUT2D eigenvalue weighted by molar-refractivity contribution is 6.47. The van der Waals surface area contributed by atoms with E-state index in [-0.39, 0.29) is 4.90 Å². The molecule has 0 rings (SSSR count). The fraction of sp³-hybridized carbons (Fsp3) is 0.625. The van der Waals surface area contributed by atoms with Gasteiger partial charge in [0.1, 0.15) is 12.2 Å². The fourth-order valence-corrected chi connectivity index (χ4v) is 3.03. The van der Waals surface area contributed by atoms with Crippen LogP contribution in [-0.2, 0) is 28.8 Å². The van der Waals surface area contributed by atoms with Gasteiger partial charge in [0.05, 0.1) is 6.61 Å². The highest BCUT2D eigenvalue weighted by Crippen LogP contribution is 2.37. The van der Waals surface area contributed by atoms with Crippen molar-refractivity contribution in [1.82, 2.24) is 4.90 Å². The Hall–Kier alpha value is -2.34. The predicted octanol–water partition coefficient (Wildman–Crippen LogP) is -3.10. The highest BCUT2D eigenvalue weighted by atomic mass is 16.4. The summed E-state index contributed by atoms with van der Waals surface area (Å²) in [6.07, 6.45) is -4.98. The quantitative estimate of drug-likeness (QED) is 0.232. The number of aliphatic hydroxyl groups excluding tert-OH is 3. The third-order valence-corrected chi connectivity index (χ3v) is 4.19. The lowest BCUT2D eigenvalue weighted by Crippen LogP contribution is -2.81. The summed E-state index contributed by atoms with van der Waals surface area (Å²) in [7, 11) is 0. The van der Waals surface area contributed by atoms with Crippen LogP contribution in [0.5, 0.6) is 0 Å². The summed E-state index contributed by atoms with van der Waals surface area (Å²) < 4.78 is 0. The zero-order valence-electron chi connectivity index (χ0n) is 15.5. The van der Waals surface area contributed by atoms with E-state index in [1.165, 1.54) is 0 Å². The second-order valence-electron chi connectivity index (χ2n) is 6.04. The van der Waals surface area contributed by atoms with Crippen molar-refractivity contribution in [3.8, 4) is 0 Å². The van der Waals surface area contributed by atoms with Crippen LogP contribution in [0.15, 0.2) is 0 Å². The first kappa shape index (κ1) is 24.7. The maximum atomic E-state index is 12.7. The third kappa shape index (κ3) is 3.72. The molecular weight excluding hydrogens is 366 g/mol. The van der Waals surface area contributed by atoms with Crippen molar-refractivity contribution in [1.29, 1.82) is 0 Å². The molecule has 27 heavy (non-hydrogen) atoms. The van der Waals surface area contributed by atoms with Crippen LogP contribution in [0, 0.1) is 0 Å². The number of hydrogen-bond donors (Lipinski definition) is 4. The summed E-state index contributed by atoms with van der Waals surface area (Å²) in [4.78, 5) is 73.4. The van der Waals surface area contributed by atoms with Gasteiger partial charge in [-0.1, -0.05) is 0 Å². The van der Waals surface area contributed by atoms with Gasteiger partial charge in [-0.3, -0.25) is 33.7 Å².